The molecule has 0 N–H and O–H groups in total. The first-order valence-electron chi connectivity index (χ1n) is 5.31. The summed E-state index contributed by atoms with van der Waals surface area (Å²) in [6.45, 7) is 6.55. The molecule has 1 aliphatic rings. The molecule has 5 heteroatoms. The van der Waals surface area contributed by atoms with Crippen molar-refractivity contribution in [3.05, 3.63) is 0 Å². The molecule has 0 saturated carbocycles. The SMILES string of the molecule is CS[C@@]1(C=O)CCN(C(=O)OC(C)(C)C)C1. The smallest absolute Gasteiger partial charge is 0.410 e. The lowest BCUT2D eigenvalue weighted by Gasteiger charge is -2.25. The van der Waals surface area contributed by atoms with Crippen LogP contribution in [0.4, 0.5) is 4.79 Å². The van der Waals surface area contributed by atoms with Crippen molar-refractivity contribution in [1.29, 1.82) is 0 Å². The van der Waals surface area contributed by atoms with Crippen LogP contribution in [0.2, 0.25) is 0 Å². The molecule has 0 aliphatic carbocycles. The molecule has 0 aromatic heterocycles. The van der Waals surface area contributed by atoms with Crippen molar-refractivity contribution in [3.8, 4) is 0 Å². The molecule has 1 atom stereocenters. The third kappa shape index (κ3) is 3.14. The summed E-state index contributed by atoms with van der Waals surface area (Å²) in [5.74, 6) is 0. The number of rotatable bonds is 2. The van der Waals surface area contributed by atoms with Crippen LogP contribution in [0, 0.1) is 0 Å². The van der Waals surface area contributed by atoms with Gasteiger partial charge in [-0.15, -0.1) is 11.8 Å². The van der Waals surface area contributed by atoms with Crippen LogP contribution >= 0.6 is 11.8 Å². The summed E-state index contributed by atoms with van der Waals surface area (Å²) < 4.78 is 4.83. The second kappa shape index (κ2) is 4.65. The summed E-state index contributed by atoms with van der Waals surface area (Å²) in [5, 5.41) is 0. The Kier molecular flexibility index (Phi) is 3.88. The van der Waals surface area contributed by atoms with Gasteiger partial charge in [0, 0.05) is 13.1 Å². The van der Waals surface area contributed by atoms with Crippen LogP contribution in [0.1, 0.15) is 27.2 Å². The van der Waals surface area contributed by atoms with Crippen molar-refractivity contribution >= 4 is 24.1 Å². The van der Waals surface area contributed by atoms with Gasteiger partial charge in [0.1, 0.15) is 11.9 Å². The Morgan fingerprint density at radius 3 is 2.50 bits per heavy atom. The van der Waals surface area contributed by atoms with Gasteiger partial charge >= 0.3 is 6.09 Å². The summed E-state index contributed by atoms with van der Waals surface area (Å²) in [7, 11) is 0. The van der Waals surface area contributed by atoms with Crippen LogP contribution in [0.15, 0.2) is 0 Å². The van der Waals surface area contributed by atoms with Crippen molar-refractivity contribution in [2.45, 2.75) is 37.5 Å². The molecule has 0 unspecified atom stereocenters. The Hall–Kier alpha value is -0.710. The lowest BCUT2D eigenvalue weighted by Crippen LogP contribution is -2.38. The maximum atomic E-state index is 11.8. The molecule has 4 nitrogen and oxygen atoms in total. The van der Waals surface area contributed by atoms with Crippen LogP contribution in [0.25, 0.3) is 0 Å². The van der Waals surface area contributed by atoms with Gasteiger partial charge in [0.25, 0.3) is 0 Å². The van der Waals surface area contributed by atoms with E-state index in [-0.39, 0.29) is 6.09 Å². The van der Waals surface area contributed by atoms with E-state index in [9.17, 15) is 9.59 Å². The predicted octanol–water partition coefficient (Wildman–Crippen LogP) is 1.93. The first-order chi connectivity index (χ1) is 7.32. The largest absolute Gasteiger partial charge is 0.444 e. The van der Waals surface area contributed by atoms with Gasteiger partial charge in [-0.05, 0) is 33.4 Å². The summed E-state index contributed by atoms with van der Waals surface area (Å²) in [4.78, 5) is 24.4. The number of thioether (sulfide) groups is 1. The molecule has 0 aromatic carbocycles. The molecule has 1 rings (SSSR count). The van der Waals surface area contributed by atoms with E-state index in [1.165, 1.54) is 11.8 Å². The molecule has 1 saturated heterocycles. The van der Waals surface area contributed by atoms with Gasteiger partial charge in [-0.25, -0.2) is 4.79 Å². The number of carbonyl (C=O) groups excluding carboxylic acids is 2. The monoisotopic (exact) mass is 245 g/mol. The molecule has 92 valence electrons. The zero-order valence-electron chi connectivity index (χ0n) is 10.3. The normalized spacial score (nSPS) is 25.6. The number of carbonyl (C=O) groups is 2. The van der Waals surface area contributed by atoms with Gasteiger partial charge in [0.05, 0.1) is 4.75 Å². The van der Waals surface area contributed by atoms with Crippen LogP contribution in [-0.2, 0) is 9.53 Å². The van der Waals surface area contributed by atoms with Gasteiger partial charge in [0.2, 0.25) is 0 Å². The molecule has 0 radical (unpaired) electrons. The zero-order chi connectivity index (χ0) is 12.4. The van der Waals surface area contributed by atoms with Crippen LogP contribution in [0.5, 0.6) is 0 Å². The number of likely N-dealkylation sites (tertiary alicyclic amines) is 1. The number of amides is 1. The lowest BCUT2D eigenvalue weighted by atomic mass is 10.1. The lowest BCUT2D eigenvalue weighted by molar-refractivity contribution is -0.109. The zero-order valence-corrected chi connectivity index (χ0v) is 11.1. The number of ether oxygens (including phenoxy) is 1. The molecule has 0 spiro atoms. The highest BCUT2D eigenvalue weighted by atomic mass is 32.2. The molecule has 16 heavy (non-hydrogen) atoms. The molecule has 0 aromatic rings. The molecular weight excluding hydrogens is 226 g/mol. The predicted molar refractivity (Wildman–Crippen MR) is 64.7 cm³/mol. The second-order valence-corrected chi connectivity index (χ2v) is 6.26. The van der Waals surface area contributed by atoms with Crippen LogP contribution in [-0.4, -0.2) is 47.0 Å². The van der Waals surface area contributed by atoms with E-state index in [0.717, 1.165) is 6.29 Å². The molecule has 0 bridgehead atoms. The number of aldehydes is 1. The number of hydrogen-bond donors (Lipinski definition) is 0. The molecule has 1 fully saturated rings. The highest BCUT2D eigenvalue weighted by Crippen LogP contribution is 2.32. The average Bonchev–Trinajstić information content (AvgIpc) is 2.60. The topological polar surface area (TPSA) is 46.6 Å². The van der Waals surface area contributed by atoms with Gasteiger partial charge in [-0.1, -0.05) is 0 Å². The Balaban J connectivity index is 2.59. The third-order valence-electron chi connectivity index (χ3n) is 2.54. The van der Waals surface area contributed by atoms with Crippen LogP contribution in [0.3, 0.4) is 0 Å². The summed E-state index contributed by atoms with van der Waals surface area (Å²) >= 11 is 1.50. The molecule has 1 heterocycles. The summed E-state index contributed by atoms with van der Waals surface area (Å²) in [5.41, 5.74) is -0.483. The average molecular weight is 245 g/mol. The fourth-order valence-corrected chi connectivity index (χ4v) is 2.28. The van der Waals surface area contributed by atoms with E-state index < -0.39 is 10.3 Å². The Bertz CT molecular complexity index is 287. The maximum Gasteiger partial charge on any atom is 0.410 e. The Morgan fingerprint density at radius 1 is 1.50 bits per heavy atom. The van der Waals surface area contributed by atoms with Crippen molar-refractivity contribution in [3.63, 3.8) is 0 Å². The molecule has 1 amide bonds. The molecule has 1 aliphatic heterocycles. The van der Waals surface area contributed by atoms with E-state index in [0.29, 0.717) is 19.5 Å². The van der Waals surface area contributed by atoms with Crippen LogP contribution < -0.4 is 0 Å². The van der Waals surface area contributed by atoms with Crippen molar-refractivity contribution in [2.75, 3.05) is 19.3 Å². The minimum absolute atomic E-state index is 0.328. The summed E-state index contributed by atoms with van der Waals surface area (Å²) in [6, 6.07) is 0. The van der Waals surface area contributed by atoms with E-state index in [1.807, 2.05) is 27.0 Å². The highest BCUT2D eigenvalue weighted by molar-refractivity contribution is 8.00. The second-order valence-electron chi connectivity index (χ2n) is 5.04. The molecular formula is C11H19NO3S. The highest BCUT2D eigenvalue weighted by Gasteiger charge is 2.40. The van der Waals surface area contributed by atoms with Crippen molar-refractivity contribution in [2.24, 2.45) is 0 Å². The number of hydrogen-bond acceptors (Lipinski definition) is 4. The quantitative estimate of drug-likeness (QED) is 0.697. The Morgan fingerprint density at radius 2 is 2.12 bits per heavy atom. The van der Waals surface area contributed by atoms with Crippen molar-refractivity contribution in [1.82, 2.24) is 4.90 Å². The van der Waals surface area contributed by atoms with E-state index in [1.54, 1.807) is 4.90 Å². The fraction of sp³-hybridized carbons (Fsp3) is 0.818. The third-order valence-corrected chi connectivity index (χ3v) is 3.78. The van der Waals surface area contributed by atoms with E-state index >= 15 is 0 Å². The number of nitrogens with zero attached hydrogens (tertiary/aromatic N) is 1. The van der Waals surface area contributed by atoms with E-state index in [4.69, 9.17) is 4.74 Å². The first kappa shape index (κ1) is 13.4. The first-order valence-corrected chi connectivity index (χ1v) is 6.54. The van der Waals surface area contributed by atoms with Gasteiger partial charge in [0.15, 0.2) is 0 Å². The van der Waals surface area contributed by atoms with E-state index in [2.05, 4.69) is 0 Å². The van der Waals surface area contributed by atoms with Gasteiger partial charge in [-0.2, -0.15) is 0 Å². The maximum absolute atomic E-state index is 11.8. The Labute approximate surface area is 101 Å². The summed E-state index contributed by atoms with van der Waals surface area (Å²) in [6.07, 6.45) is 3.22. The minimum atomic E-state index is -0.483. The van der Waals surface area contributed by atoms with Gasteiger partial charge in [-0.3, -0.25) is 0 Å². The minimum Gasteiger partial charge on any atom is -0.444 e. The standard InChI is InChI=1S/C11H19NO3S/c1-10(2,3)15-9(14)12-6-5-11(7-12,8-13)16-4/h8H,5-7H2,1-4H3/t11-/m0/s1. The fourth-order valence-electron chi connectivity index (χ4n) is 1.60. The van der Waals surface area contributed by atoms with Crippen molar-refractivity contribution < 1.29 is 14.3 Å². The van der Waals surface area contributed by atoms with Gasteiger partial charge < -0.3 is 14.4 Å².